The number of nitrogens with zero attached hydrogens (tertiary/aromatic N) is 1. The molecule has 2 aromatic rings. The number of rotatable bonds is 6. The zero-order chi connectivity index (χ0) is 23.5. The third-order valence-corrected chi connectivity index (χ3v) is 4.97. The van der Waals surface area contributed by atoms with Crippen LogP contribution in [0.15, 0.2) is 41.4 Å². The molecule has 1 aliphatic rings. The Bertz CT molecular complexity index is 1060. The number of benzene rings is 2. The Hall–Kier alpha value is -3.18. The maximum absolute atomic E-state index is 12.7. The van der Waals surface area contributed by atoms with Gasteiger partial charge in [-0.2, -0.15) is 13.2 Å². The zero-order valence-electron chi connectivity index (χ0n) is 16.9. The van der Waals surface area contributed by atoms with Gasteiger partial charge in [-0.05, 0) is 53.7 Å². The molecule has 1 aliphatic heterocycles. The number of methoxy groups -OCH3 is 1. The topological polar surface area (TPSA) is 105 Å². The first-order chi connectivity index (χ1) is 15.1. The molecule has 2 N–H and O–H groups in total. The number of hydrogen-bond donors (Lipinski definition) is 2. The van der Waals surface area contributed by atoms with E-state index < -0.39 is 31.5 Å². The van der Waals surface area contributed by atoms with Crippen LogP contribution < -0.4 is 10.2 Å². The van der Waals surface area contributed by atoms with Crippen LogP contribution in [0, 0.1) is 5.92 Å². The third kappa shape index (κ3) is 5.35. The van der Waals surface area contributed by atoms with Gasteiger partial charge in [0, 0.05) is 12.1 Å². The number of ether oxygens (including phenoxy) is 2. The molecule has 3 rings (SSSR count). The fourth-order valence-electron chi connectivity index (χ4n) is 3.35. The van der Waals surface area contributed by atoms with E-state index in [1.807, 2.05) is 0 Å². The minimum absolute atomic E-state index is 0.103. The number of alkyl halides is 3. The minimum Gasteiger partial charge on any atom is -0.465 e. The average Bonchev–Trinajstić information content (AvgIpc) is 2.77. The number of halogens is 3. The molecule has 0 aliphatic carbocycles. The van der Waals surface area contributed by atoms with Gasteiger partial charge in [0.2, 0.25) is 0 Å². The van der Waals surface area contributed by atoms with Crippen LogP contribution >= 0.6 is 0 Å². The molecule has 1 unspecified atom stereocenters. The van der Waals surface area contributed by atoms with Crippen LogP contribution in [0.25, 0.3) is 0 Å². The van der Waals surface area contributed by atoms with E-state index in [1.54, 1.807) is 24.4 Å². The second kappa shape index (κ2) is 9.53. The van der Waals surface area contributed by atoms with E-state index in [2.05, 4.69) is 9.73 Å². The lowest BCUT2D eigenvalue weighted by Crippen LogP contribution is -2.35. The number of aliphatic imine (C=N–C) groups is 1. The summed E-state index contributed by atoms with van der Waals surface area (Å²) in [6, 6.07) is 8.88. The first kappa shape index (κ1) is 23.5. The lowest BCUT2D eigenvalue weighted by atomic mass is 9.62. The molecule has 11 heteroatoms. The number of esters is 2. The van der Waals surface area contributed by atoms with Crippen LogP contribution in [0.5, 0.6) is 5.75 Å². The normalized spacial score (nSPS) is 15.1. The van der Waals surface area contributed by atoms with Crippen molar-refractivity contribution in [1.82, 2.24) is 0 Å². The number of aliphatic hydroxyl groups is 1. The molecule has 0 saturated carbocycles. The van der Waals surface area contributed by atoms with E-state index in [0.29, 0.717) is 23.2 Å². The van der Waals surface area contributed by atoms with Crippen molar-refractivity contribution in [3.63, 3.8) is 0 Å². The number of aliphatic hydroxyl groups excluding tert-OH is 1. The van der Waals surface area contributed by atoms with Gasteiger partial charge < -0.3 is 19.6 Å². The van der Waals surface area contributed by atoms with Crippen LogP contribution in [-0.2, 0) is 22.4 Å². The first-order valence-electron chi connectivity index (χ1n) is 9.58. The predicted molar refractivity (Wildman–Crippen MR) is 110 cm³/mol. The van der Waals surface area contributed by atoms with Crippen molar-refractivity contribution in [3.8, 4) is 5.75 Å². The van der Waals surface area contributed by atoms with Crippen LogP contribution in [-0.4, -0.2) is 55.0 Å². The minimum atomic E-state index is -5.20. The van der Waals surface area contributed by atoms with Crippen molar-refractivity contribution in [1.29, 1.82) is 0 Å². The molecule has 0 fully saturated rings. The molecule has 0 amide bonds. The smallest absolute Gasteiger partial charge is 0.465 e. The maximum Gasteiger partial charge on any atom is 0.491 e. The van der Waals surface area contributed by atoms with Crippen LogP contribution in [0.3, 0.4) is 0 Å². The lowest BCUT2D eigenvalue weighted by Gasteiger charge is -2.21. The summed E-state index contributed by atoms with van der Waals surface area (Å²) in [6.07, 6.45) is -2.93. The van der Waals surface area contributed by atoms with Crippen molar-refractivity contribution in [2.45, 2.75) is 19.0 Å². The van der Waals surface area contributed by atoms with Gasteiger partial charge >= 0.3 is 25.0 Å². The van der Waals surface area contributed by atoms with Crippen molar-refractivity contribution in [2.24, 2.45) is 10.9 Å². The standard InChI is InChI=1S/C21H19BF3NO6/c1-31-19(28)14-3-5-17-15(8-14)7-12(10-26-17)6-13-2-4-16(22(30)11-27)9-18(13)32-20(29)21(23,24)25/h2-5,8-10,12,27,30H,6-7,11H2,1H3. The van der Waals surface area contributed by atoms with Crippen LogP contribution in [0.4, 0.5) is 18.9 Å². The molecule has 32 heavy (non-hydrogen) atoms. The Morgan fingerprint density at radius 2 is 1.97 bits per heavy atom. The molecule has 2 aromatic carbocycles. The Balaban J connectivity index is 1.86. The van der Waals surface area contributed by atoms with E-state index in [-0.39, 0.29) is 23.6 Å². The molecular formula is C21H19BF3NO6. The highest BCUT2D eigenvalue weighted by atomic mass is 19.4. The monoisotopic (exact) mass is 449 g/mol. The predicted octanol–water partition coefficient (Wildman–Crippen LogP) is 1.78. The van der Waals surface area contributed by atoms with E-state index in [1.165, 1.54) is 19.2 Å². The highest BCUT2D eigenvalue weighted by Gasteiger charge is 2.41. The number of fused-ring (bicyclic) bond motifs is 1. The Kier molecular flexibility index (Phi) is 7.00. The van der Waals surface area contributed by atoms with Crippen LogP contribution in [0.2, 0.25) is 0 Å². The van der Waals surface area contributed by atoms with Gasteiger partial charge in [0.05, 0.1) is 24.9 Å². The Morgan fingerprint density at radius 1 is 1.22 bits per heavy atom. The molecule has 0 aromatic heterocycles. The summed E-state index contributed by atoms with van der Waals surface area (Å²) < 4.78 is 47.4. The van der Waals surface area contributed by atoms with Gasteiger partial charge in [-0.1, -0.05) is 12.1 Å². The number of carbonyl (C=O) groups excluding carboxylic acids is 2. The number of carbonyl (C=O) groups is 2. The summed E-state index contributed by atoms with van der Waals surface area (Å²) in [7, 11) is 1.27. The fourth-order valence-corrected chi connectivity index (χ4v) is 3.35. The Morgan fingerprint density at radius 3 is 2.62 bits per heavy atom. The summed E-state index contributed by atoms with van der Waals surface area (Å²) in [5.41, 5.74) is 2.18. The van der Waals surface area contributed by atoms with E-state index in [4.69, 9.17) is 9.84 Å². The highest BCUT2D eigenvalue weighted by molar-refractivity contribution is 6.66. The Labute approximate surface area is 181 Å². The SMILES string of the molecule is COC(=O)c1ccc2c(c1)CC(Cc1ccc(B(O)CO)cc1OC(=O)C(F)(F)F)C=N2. The summed E-state index contributed by atoms with van der Waals surface area (Å²) >= 11 is 0. The molecule has 1 heterocycles. The van der Waals surface area contributed by atoms with Crippen LogP contribution in [0.1, 0.15) is 21.5 Å². The van der Waals surface area contributed by atoms with Gasteiger partial charge in [0.1, 0.15) is 5.75 Å². The number of hydrogen-bond acceptors (Lipinski definition) is 7. The van der Waals surface area contributed by atoms with Gasteiger partial charge in [0.15, 0.2) is 0 Å². The summed E-state index contributed by atoms with van der Waals surface area (Å²) in [4.78, 5) is 27.5. The zero-order valence-corrected chi connectivity index (χ0v) is 16.9. The summed E-state index contributed by atoms with van der Waals surface area (Å²) in [5, 5.41) is 18.9. The quantitative estimate of drug-likeness (QED) is 0.396. The van der Waals surface area contributed by atoms with Crippen molar-refractivity contribution >= 4 is 36.2 Å². The summed E-state index contributed by atoms with van der Waals surface area (Å²) in [5.74, 6) is -3.51. The van der Waals surface area contributed by atoms with Crippen molar-refractivity contribution in [2.75, 3.05) is 13.6 Å². The second-order valence-electron chi connectivity index (χ2n) is 7.23. The molecule has 0 spiro atoms. The van der Waals surface area contributed by atoms with E-state index >= 15 is 0 Å². The third-order valence-electron chi connectivity index (χ3n) is 4.97. The van der Waals surface area contributed by atoms with E-state index in [0.717, 1.165) is 11.6 Å². The van der Waals surface area contributed by atoms with Gasteiger partial charge in [0.25, 0.3) is 0 Å². The van der Waals surface area contributed by atoms with E-state index in [9.17, 15) is 27.8 Å². The second-order valence-corrected chi connectivity index (χ2v) is 7.23. The summed E-state index contributed by atoms with van der Waals surface area (Å²) in [6.45, 7) is -1.99. The lowest BCUT2D eigenvalue weighted by molar-refractivity contribution is -0.189. The largest absolute Gasteiger partial charge is 0.491 e. The molecule has 0 radical (unpaired) electrons. The molecular weight excluding hydrogens is 430 g/mol. The average molecular weight is 449 g/mol. The molecule has 168 valence electrons. The van der Waals surface area contributed by atoms with Gasteiger partial charge in [-0.25, -0.2) is 9.59 Å². The maximum atomic E-state index is 12.7. The molecule has 0 bridgehead atoms. The highest BCUT2D eigenvalue weighted by Crippen LogP contribution is 2.31. The van der Waals surface area contributed by atoms with Gasteiger partial charge in [-0.15, -0.1) is 0 Å². The molecule has 0 saturated heterocycles. The molecule has 7 nitrogen and oxygen atoms in total. The van der Waals surface area contributed by atoms with Gasteiger partial charge in [-0.3, -0.25) is 4.99 Å². The molecule has 1 atom stereocenters. The first-order valence-corrected chi connectivity index (χ1v) is 9.58. The fraction of sp³-hybridized carbons (Fsp3) is 0.286. The van der Waals surface area contributed by atoms with Crippen molar-refractivity contribution < 1.29 is 42.4 Å². The van der Waals surface area contributed by atoms with Crippen molar-refractivity contribution in [3.05, 3.63) is 53.1 Å².